The van der Waals surface area contributed by atoms with E-state index in [-0.39, 0.29) is 5.30 Å². The highest BCUT2D eigenvalue weighted by atomic mass is 32.2. The molecule has 2 nitrogen and oxygen atoms in total. The summed E-state index contributed by atoms with van der Waals surface area (Å²) in [4.78, 5) is 12.5. The molecule has 0 aromatic rings. The summed E-state index contributed by atoms with van der Waals surface area (Å²) in [7, 11) is 0. The topological polar surface area (TPSA) is 26.3 Å². The fraction of sp³-hybridized carbons (Fsp3) is 0.914. The predicted octanol–water partition coefficient (Wildman–Crippen LogP) is 11.2. The SMILES string of the molecule is CCCCCCCOC(=O)S[C@@H]1CC[C@@]2(C)C(=CC[C@H]3[C@@H]4CC[C@H]([C@H](C)CCCC(C)C)[C@@]4(C)CC[C@@H]32)C1. The van der Waals surface area contributed by atoms with Crippen molar-refractivity contribution in [1.82, 2.24) is 0 Å². The predicted molar refractivity (Wildman–Crippen MR) is 165 cm³/mol. The summed E-state index contributed by atoms with van der Waals surface area (Å²) in [5.41, 5.74) is 2.62. The fourth-order valence-electron chi connectivity index (χ4n) is 9.78. The summed E-state index contributed by atoms with van der Waals surface area (Å²) in [5, 5.41) is 0.381. The highest BCUT2D eigenvalue weighted by Gasteiger charge is 2.59. The van der Waals surface area contributed by atoms with Gasteiger partial charge in [-0.05, 0) is 116 Å². The third kappa shape index (κ3) is 6.71. The van der Waals surface area contributed by atoms with E-state index in [4.69, 9.17) is 4.74 Å². The Morgan fingerprint density at radius 1 is 0.974 bits per heavy atom. The maximum absolute atomic E-state index is 12.5. The van der Waals surface area contributed by atoms with Crippen LogP contribution < -0.4 is 0 Å². The summed E-state index contributed by atoms with van der Waals surface area (Å²) >= 11 is 1.50. The van der Waals surface area contributed by atoms with Gasteiger partial charge in [-0.25, -0.2) is 4.79 Å². The van der Waals surface area contributed by atoms with Gasteiger partial charge in [0.1, 0.15) is 0 Å². The smallest absolute Gasteiger partial charge is 0.367 e. The van der Waals surface area contributed by atoms with Crippen LogP contribution in [-0.2, 0) is 4.74 Å². The van der Waals surface area contributed by atoms with Crippen molar-refractivity contribution >= 4 is 17.1 Å². The van der Waals surface area contributed by atoms with Crippen LogP contribution in [0.25, 0.3) is 0 Å². The molecule has 3 saturated carbocycles. The molecule has 218 valence electrons. The Morgan fingerprint density at radius 3 is 2.53 bits per heavy atom. The van der Waals surface area contributed by atoms with Crippen LogP contribution in [0.5, 0.6) is 0 Å². The summed E-state index contributed by atoms with van der Waals surface area (Å²) < 4.78 is 5.60. The summed E-state index contributed by atoms with van der Waals surface area (Å²) in [6.45, 7) is 15.5. The molecule has 0 aliphatic heterocycles. The molecule has 0 amide bonds. The van der Waals surface area contributed by atoms with Crippen LogP contribution in [0.4, 0.5) is 4.79 Å². The van der Waals surface area contributed by atoms with Crippen molar-refractivity contribution in [1.29, 1.82) is 0 Å². The van der Waals surface area contributed by atoms with E-state index < -0.39 is 0 Å². The van der Waals surface area contributed by atoms with Gasteiger partial charge < -0.3 is 4.74 Å². The third-order valence-corrected chi connectivity index (χ3v) is 13.0. The minimum Gasteiger partial charge on any atom is -0.458 e. The summed E-state index contributed by atoms with van der Waals surface area (Å²) in [6.07, 6.45) is 23.6. The van der Waals surface area contributed by atoms with Crippen molar-refractivity contribution in [2.75, 3.05) is 6.61 Å². The van der Waals surface area contributed by atoms with Gasteiger partial charge >= 0.3 is 5.30 Å². The van der Waals surface area contributed by atoms with Crippen LogP contribution in [0, 0.1) is 46.3 Å². The van der Waals surface area contributed by atoms with Crippen molar-refractivity contribution in [3.8, 4) is 0 Å². The Morgan fingerprint density at radius 2 is 1.76 bits per heavy atom. The standard InChI is InChI=1S/C35H60O2S/c1-7-8-9-10-11-23-37-33(36)38-28-19-21-34(5)27(24-28)15-16-29-31-18-17-30(26(4)14-12-13-25(2)3)35(31,6)22-20-32(29)34/h15,25-26,28-32H,7-14,16-24H2,1-6H3/t26-,28-,29+,30-,31+,32+,34+,35-/m1/s1. The Bertz CT molecular complexity index is 804. The minimum atomic E-state index is -0.0312. The van der Waals surface area contributed by atoms with E-state index in [0.717, 1.165) is 48.3 Å². The Kier molecular flexibility index (Phi) is 10.8. The molecule has 0 aromatic carbocycles. The van der Waals surface area contributed by atoms with Gasteiger partial charge in [0.25, 0.3) is 0 Å². The zero-order valence-corrected chi connectivity index (χ0v) is 26.7. The first-order valence-corrected chi connectivity index (χ1v) is 17.6. The van der Waals surface area contributed by atoms with Crippen LogP contribution in [0.15, 0.2) is 11.6 Å². The maximum atomic E-state index is 12.5. The molecule has 0 radical (unpaired) electrons. The molecule has 4 rings (SSSR count). The molecule has 0 spiro atoms. The van der Waals surface area contributed by atoms with E-state index in [9.17, 15) is 4.79 Å². The molecule has 0 N–H and O–H groups in total. The second kappa shape index (κ2) is 13.5. The van der Waals surface area contributed by atoms with Crippen LogP contribution >= 0.6 is 11.8 Å². The zero-order valence-electron chi connectivity index (χ0n) is 25.9. The van der Waals surface area contributed by atoms with E-state index in [0.29, 0.717) is 22.7 Å². The van der Waals surface area contributed by atoms with E-state index in [2.05, 4.69) is 47.6 Å². The first-order valence-electron chi connectivity index (χ1n) is 16.7. The lowest BCUT2D eigenvalue weighted by molar-refractivity contribution is -0.0497. The Hall–Kier alpha value is -0.440. The van der Waals surface area contributed by atoms with Gasteiger partial charge in [0, 0.05) is 5.25 Å². The van der Waals surface area contributed by atoms with Crippen LogP contribution in [0.2, 0.25) is 0 Å². The van der Waals surface area contributed by atoms with Crippen molar-refractivity contribution in [3.63, 3.8) is 0 Å². The van der Waals surface area contributed by atoms with Crippen LogP contribution in [0.1, 0.15) is 144 Å². The number of allylic oxidation sites excluding steroid dienone is 2. The van der Waals surface area contributed by atoms with Gasteiger partial charge in [0.15, 0.2) is 0 Å². The lowest BCUT2D eigenvalue weighted by Crippen LogP contribution is -2.50. The number of hydrogen-bond donors (Lipinski definition) is 0. The number of unbranched alkanes of at least 4 members (excludes halogenated alkanes) is 4. The van der Waals surface area contributed by atoms with E-state index in [1.165, 1.54) is 102 Å². The summed E-state index contributed by atoms with van der Waals surface area (Å²) in [6, 6.07) is 0. The number of fused-ring (bicyclic) bond motifs is 5. The van der Waals surface area contributed by atoms with Crippen molar-refractivity contribution in [2.45, 2.75) is 150 Å². The minimum absolute atomic E-state index is 0.0312. The van der Waals surface area contributed by atoms with Gasteiger partial charge in [-0.1, -0.05) is 98.1 Å². The first kappa shape index (κ1) is 30.5. The highest BCUT2D eigenvalue weighted by Crippen LogP contribution is 2.67. The molecule has 0 heterocycles. The van der Waals surface area contributed by atoms with Crippen molar-refractivity contribution in [2.24, 2.45) is 46.3 Å². The normalized spacial score (nSPS) is 37.2. The number of carbonyl (C=O) groups is 1. The second-order valence-electron chi connectivity index (χ2n) is 14.8. The zero-order chi connectivity index (χ0) is 27.3. The molecule has 0 unspecified atom stereocenters. The maximum Gasteiger partial charge on any atom is 0.367 e. The average molecular weight is 545 g/mol. The third-order valence-electron chi connectivity index (χ3n) is 12.0. The van der Waals surface area contributed by atoms with Crippen LogP contribution in [0.3, 0.4) is 0 Å². The van der Waals surface area contributed by atoms with Crippen molar-refractivity contribution < 1.29 is 9.53 Å². The molecule has 4 aliphatic carbocycles. The average Bonchev–Trinajstić information content (AvgIpc) is 3.23. The molecule has 4 aliphatic rings. The first-order chi connectivity index (χ1) is 18.2. The van der Waals surface area contributed by atoms with Gasteiger partial charge in [0.05, 0.1) is 6.61 Å². The molecule has 0 aromatic heterocycles. The molecule has 8 atom stereocenters. The number of carbonyl (C=O) groups excluding carboxylic acids is 1. The number of ether oxygens (including phenoxy) is 1. The largest absolute Gasteiger partial charge is 0.458 e. The quantitative estimate of drug-likeness (QED) is 0.139. The van der Waals surface area contributed by atoms with Gasteiger partial charge in [-0.15, -0.1) is 0 Å². The van der Waals surface area contributed by atoms with Crippen LogP contribution in [-0.4, -0.2) is 17.2 Å². The fourth-order valence-corrected chi connectivity index (χ4v) is 10.7. The number of rotatable bonds is 12. The molecule has 0 saturated heterocycles. The lowest BCUT2D eigenvalue weighted by atomic mass is 9.47. The molecule has 3 heteroatoms. The highest BCUT2D eigenvalue weighted by molar-refractivity contribution is 8.13. The van der Waals surface area contributed by atoms with E-state index in [1.54, 1.807) is 5.57 Å². The summed E-state index contributed by atoms with van der Waals surface area (Å²) in [5.74, 6) is 5.33. The molecular formula is C35H60O2S. The second-order valence-corrected chi connectivity index (χ2v) is 16.0. The number of hydrogen-bond acceptors (Lipinski definition) is 3. The Labute approximate surface area is 240 Å². The van der Waals surface area contributed by atoms with E-state index in [1.807, 2.05) is 0 Å². The lowest BCUT2D eigenvalue weighted by Gasteiger charge is -2.58. The van der Waals surface area contributed by atoms with Gasteiger partial charge in [0.2, 0.25) is 0 Å². The van der Waals surface area contributed by atoms with E-state index >= 15 is 0 Å². The van der Waals surface area contributed by atoms with Crippen molar-refractivity contribution in [3.05, 3.63) is 11.6 Å². The Balaban J connectivity index is 1.31. The van der Waals surface area contributed by atoms with Gasteiger partial charge in [-0.2, -0.15) is 0 Å². The number of thioether (sulfide) groups is 1. The van der Waals surface area contributed by atoms with Gasteiger partial charge in [-0.3, -0.25) is 0 Å². The molecule has 38 heavy (non-hydrogen) atoms. The molecular weight excluding hydrogens is 484 g/mol. The molecule has 3 fully saturated rings. The molecule has 0 bridgehead atoms. The monoisotopic (exact) mass is 544 g/mol.